The molecule has 2 aromatic rings. The second kappa shape index (κ2) is 7.60. The van der Waals surface area contributed by atoms with Gasteiger partial charge in [-0.1, -0.05) is 49.4 Å². The van der Waals surface area contributed by atoms with Crippen molar-refractivity contribution < 1.29 is 19.1 Å². The minimum Gasteiger partial charge on any atom is -0.497 e. The summed E-state index contributed by atoms with van der Waals surface area (Å²) in [4.78, 5) is 26.1. The second-order valence-electron chi connectivity index (χ2n) is 6.33. The molecule has 0 spiro atoms. The monoisotopic (exact) mass is 353 g/mol. The van der Waals surface area contributed by atoms with Crippen molar-refractivity contribution in [2.45, 2.75) is 38.5 Å². The number of hydrogen-bond donors (Lipinski definition) is 0. The fourth-order valence-corrected chi connectivity index (χ4v) is 3.53. The summed E-state index contributed by atoms with van der Waals surface area (Å²) in [7, 11) is 1.63. The number of likely N-dealkylation sites (tertiary alicyclic amines) is 1. The van der Waals surface area contributed by atoms with Gasteiger partial charge in [-0.3, -0.25) is 9.59 Å². The van der Waals surface area contributed by atoms with E-state index in [1.165, 1.54) is 6.92 Å². The van der Waals surface area contributed by atoms with Gasteiger partial charge in [0, 0.05) is 6.92 Å². The van der Waals surface area contributed by atoms with Gasteiger partial charge in [0.25, 0.3) is 5.91 Å². The highest BCUT2D eigenvalue weighted by Crippen LogP contribution is 2.44. The quantitative estimate of drug-likeness (QED) is 0.587. The number of nitrogens with zero attached hydrogens (tertiary/aromatic N) is 1. The summed E-state index contributed by atoms with van der Waals surface area (Å²) >= 11 is 0. The van der Waals surface area contributed by atoms with Crippen LogP contribution in [0.2, 0.25) is 0 Å². The highest BCUT2D eigenvalue weighted by molar-refractivity contribution is 5.91. The van der Waals surface area contributed by atoms with Gasteiger partial charge < -0.3 is 14.4 Å². The average molecular weight is 353 g/mol. The Balaban J connectivity index is 1.94. The first-order valence-electron chi connectivity index (χ1n) is 8.75. The van der Waals surface area contributed by atoms with E-state index in [1.54, 1.807) is 7.11 Å². The number of methoxy groups -OCH3 is 1. The zero-order chi connectivity index (χ0) is 18.7. The third-order valence-electron chi connectivity index (χ3n) is 4.74. The SMILES string of the molecule is CC[C@@H](c1ccc(OC)cc1)N1C(=O)[C@H](OC(C)=O)[C@@H]1c1ccccc1. The molecule has 0 N–H and O–H groups in total. The highest BCUT2D eigenvalue weighted by atomic mass is 16.6. The molecule has 0 aliphatic carbocycles. The summed E-state index contributed by atoms with van der Waals surface area (Å²) in [6.07, 6.45) is -0.00372. The lowest BCUT2D eigenvalue weighted by molar-refractivity contribution is -0.187. The van der Waals surface area contributed by atoms with E-state index in [9.17, 15) is 9.59 Å². The zero-order valence-corrected chi connectivity index (χ0v) is 15.2. The smallest absolute Gasteiger partial charge is 0.303 e. The van der Waals surface area contributed by atoms with Crippen LogP contribution < -0.4 is 4.74 Å². The first-order valence-corrected chi connectivity index (χ1v) is 8.75. The third-order valence-corrected chi connectivity index (χ3v) is 4.74. The first kappa shape index (κ1) is 18.0. The Kier molecular flexibility index (Phi) is 5.26. The number of carbonyl (C=O) groups excluding carboxylic acids is 2. The van der Waals surface area contributed by atoms with Crippen LogP contribution in [0.15, 0.2) is 54.6 Å². The minimum absolute atomic E-state index is 0.0922. The van der Waals surface area contributed by atoms with E-state index in [2.05, 4.69) is 0 Å². The van der Waals surface area contributed by atoms with Crippen molar-refractivity contribution in [3.05, 3.63) is 65.7 Å². The van der Waals surface area contributed by atoms with Crippen molar-refractivity contribution in [3.63, 3.8) is 0 Å². The standard InChI is InChI=1S/C21H23NO4/c1-4-18(15-10-12-17(25-3)13-11-15)22-19(16-8-6-5-7-9-16)20(21(22)24)26-14(2)23/h5-13,18-20H,4H2,1-3H3/t18-,19-,20+/m0/s1. The molecule has 3 rings (SSSR count). The number of ether oxygens (including phenoxy) is 2. The van der Waals surface area contributed by atoms with Crippen molar-refractivity contribution in [2.24, 2.45) is 0 Å². The van der Waals surface area contributed by atoms with Crippen LogP contribution in [0.1, 0.15) is 43.5 Å². The maximum atomic E-state index is 12.8. The summed E-state index contributed by atoms with van der Waals surface area (Å²) < 4.78 is 10.5. The molecular formula is C21H23NO4. The van der Waals surface area contributed by atoms with Gasteiger partial charge in [0.1, 0.15) is 11.8 Å². The maximum absolute atomic E-state index is 12.8. The van der Waals surface area contributed by atoms with Crippen molar-refractivity contribution >= 4 is 11.9 Å². The van der Waals surface area contributed by atoms with E-state index in [1.807, 2.05) is 66.4 Å². The molecule has 26 heavy (non-hydrogen) atoms. The van der Waals surface area contributed by atoms with Crippen molar-refractivity contribution in [1.29, 1.82) is 0 Å². The molecular weight excluding hydrogens is 330 g/mol. The van der Waals surface area contributed by atoms with E-state index in [0.717, 1.165) is 23.3 Å². The summed E-state index contributed by atoms with van der Waals surface area (Å²) in [6, 6.07) is 17.1. The number of carbonyl (C=O) groups is 2. The number of β-lactam (4-membered cyclic amide) rings is 1. The molecule has 0 unspecified atom stereocenters. The molecule has 0 bridgehead atoms. The maximum Gasteiger partial charge on any atom is 0.303 e. The van der Waals surface area contributed by atoms with Crippen LogP contribution in [-0.2, 0) is 14.3 Å². The van der Waals surface area contributed by atoms with Crippen LogP contribution in [0.25, 0.3) is 0 Å². The molecule has 0 aromatic heterocycles. The molecule has 1 heterocycles. The molecule has 1 amide bonds. The van der Waals surface area contributed by atoms with E-state index < -0.39 is 12.1 Å². The fraction of sp³-hybridized carbons (Fsp3) is 0.333. The summed E-state index contributed by atoms with van der Waals surface area (Å²) in [5, 5.41) is 0. The van der Waals surface area contributed by atoms with Gasteiger partial charge in [0.15, 0.2) is 0 Å². The van der Waals surface area contributed by atoms with Crippen LogP contribution in [0.4, 0.5) is 0 Å². The zero-order valence-electron chi connectivity index (χ0n) is 15.2. The van der Waals surface area contributed by atoms with Crippen LogP contribution in [0.3, 0.4) is 0 Å². The van der Waals surface area contributed by atoms with Crippen molar-refractivity contribution in [3.8, 4) is 5.75 Å². The van der Waals surface area contributed by atoms with Gasteiger partial charge in [0.05, 0.1) is 13.2 Å². The molecule has 1 aliphatic rings. The van der Waals surface area contributed by atoms with Crippen LogP contribution in [0.5, 0.6) is 5.75 Å². The normalized spacial score (nSPS) is 20.3. The van der Waals surface area contributed by atoms with Crippen LogP contribution in [0, 0.1) is 0 Å². The molecule has 1 aliphatic heterocycles. The Morgan fingerprint density at radius 1 is 1.12 bits per heavy atom. The van der Waals surface area contributed by atoms with Crippen molar-refractivity contribution in [2.75, 3.05) is 7.11 Å². The lowest BCUT2D eigenvalue weighted by atomic mass is 9.86. The highest BCUT2D eigenvalue weighted by Gasteiger charge is 2.53. The number of rotatable bonds is 6. The van der Waals surface area contributed by atoms with Crippen LogP contribution in [-0.4, -0.2) is 30.0 Å². The molecule has 0 radical (unpaired) electrons. The third kappa shape index (κ3) is 3.29. The Hall–Kier alpha value is -2.82. The Bertz CT molecular complexity index is 772. The van der Waals surface area contributed by atoms with Gasteiger partial charge in [-0.05, 0) is 29.7 Å². The lowest BCUT2D eigenvalue weighted by Crippen LogP contribution is -2.61. The molecule has 2 aromatic carbocycles. The molecule has 5 heteroatoms. The van der Waals surface area contributed by atoms with E-state index in [0.29, 0.717) is 0 Å². The predicted molar refractivity (Wildman–Crippen MR) is 97.6 cm³/mol. The number of hydrogen-bond acceptors (Lipinski definition) is 4. The van der Waals surface area contributed by atoms with E-state index in [4.69, 9.17) is 9.47 Å². The Morgan fingerprint density at radius 3 is 2.31 bits per heavy atom. The average Bonchev–Trinajstić information content (AvgIpc) is 2.67. The topological polar surface area (TPSA) is 55.8 Å². The number of benzene rings is 2. The summed E-state index contributed by atoms with van der Waals surface area (Å²) in [6.45, 7) is 3.38. The molecule has 1 saturated heterocycles. The molecule has 136 valence electrons. The molecule has 0 saturated carbocycles. The summed E-state index contributed by atoms with van der Waals surface area (Å²) in [5.41, 5.74) is 1.99. The number of amides is 1. The Morgan fingerprint density at radius 2 is 1.77 bits per heavy atom. The summed E-state index contributed by atoms with van der Waals surface area (Å²) in [5.74, 6) is 0.175. The molecule has 3 atom stereocenters. The van der Waals surface area contributed by atoms with Gasteiger partial charge in [-0.15, -0.1) is 0 Å². The van der Waals surface area contributed by atoms with Gasteiger partial charge in [-0.25, -0.2) is 0 Å². The molecule has 1 fully saturated rings. The first-order chi connectivity index (χ1) is 12.6. The lowest BCUT2D eigenvalue weighted by Gasteiger charge is -2.50. The fourth-order valence-electron chi connectivity index (χ4n) is 3.53. The van der Waals surface area contributed by atoms with Crippen molar-refractivity contribution in [1.82, 2.24) is 4.90 Å². The van der Waals surface area contributed by atoms with Gasteiger partial charge in [-0.2, -0.15) is 0 Å². The predicted octanol–water partition coefficient (Wildman–Crippen LogP) is 3.66. The Labute approximate surface area is 153 Å². The number of esters is 1. The largest absolute Gasteiger partial charge is 0.497 e. The van der Waals surface area contributed by atoms with Crippen LogP contribution >= 0.6 is 0 Å². The minimum atomic E-state index is -0.762. The second-order valence-corrected chi connectivity index (χ2v) is 6.33. The van der Waals surface area contributed by atoms with E-state index >= 15 is 0 Å². The van der Waals surface area contributed by atoms with Gasteiger partial charge >= 0.3 is 5.97 Å². The van der Waals surface area contributed by atoms with E-state index in [-0.39, 0.29) is 18.0 Å². The molecule has 5 nitrogen and oxygen atoms in total. The van der Waals surface area contributed by atoms with Gasteiger partial charge in [0.2, 0.25) is 6.10 Å².